The minimum Gasteiger partial charge on any atom is -0.383 e. The Bertz CT molecular complexity index is 144. The van der Waals surface area contributed by atoms with Crippen molar-refractivity contribution in [1.29, 1.82) is 0 Å². The van der Waals surface area contributed by atoms with Crippen LogP contribution in [-0.2, 0) is 4.74 Å². The molecule has 3 heteroatoms. The molecular formula is C10H22N2O. The van der Waals surface area contributed by atoms with Gasteiger partial charge in [-0.15, -0.1) is 0 Å². The molecule has 1 saturated carbocycles. The summed E-state index contributed by atoms with van der Waals surface area (Å²) in [4.78, 5) is 0. The lowest BCUT2D eigenvalue weighted by Crippen LogP contribution is -2.47. The van der Waals surface area contributed by atoms with Gasteiger partial charge in [-0.2, -0.15) is 0 Å². The number of ether oxygens (including phenoxy) is 1. The number of methoxy groups -OCH3 is 1. The number of nitrogens with two attached hydrogens (primary N) is 1. The molecule has 78 valence electrons. The highest BCUT2D eigenvalue weighted by atomic mass is 16.5. The molecule has 0 amide bonds. The number of hydrogen-bond acceptors (Lipinski definition) is 3. The van der Waals surface area contributed by atoms with Crippen molar-refractivity contribution in [3.05, 3.63) is 0 Å². The second kappa shape index (κ2) is 4.94. The molecule has 1 aliphatic carbocycles. The molecule has 0 aromatic carbocycles. The average Bonchev–Trinajstić information content (AvgIpc) is 2.51. The molecule has 0 aromatic heterocycles. The molecule has 0 aromatic rings. The summed E-state index contributed by atoms with van der Waals surface area (Å²) in [7, 11) is 1.69. The van der Waals surface area contributed by atoms with Crippen LogP contribution in [-0.4, -0.2) is 31.8 Å². The van der Waals surface area contributed by atoms with Gasteiger partial charge >= 0.3 is 0 Å². The Kier molecular flexibility index (Phi) is 4.16. The Morgan fingerprint density at radius 1 is 1.46 bits per heavy atom. The molecule has 1 rings (SSSR count). The molecule has 0 spiro atoms. The molecular weight excluding hydrogens is 164 g/mol. The summed E-state index contributed by atoms with van der Waals surface area (Å²) in [6.45, 7) is 3.80. The van der Waals surface area contributed by atoms with Crippen molar-refractivity contribution in [3.8, 4) is 0 Å². The summed E-state index contributed by atoms with van der Waals surface area (Å²) in [5.41, 5.74) is 6.17. The molecule has 1 aliphatic rings. The lowest BCUT2D eigenvalue weighted by atomic mass is 10.0. The molecule has 0 bridgehead atoms. The third kappa shape index (κ3) is 3.63. The van der Waals surface area contributed by atoms with Gasteiger partial charge in [0, 0.05) is 25.2 Å². The van der Waals surface area contributed by atoms with Crippen LogP contribution in [0.4, 0.5) is 0 Å². The van der Waals surface area contributed by atoms with Crippen molar-refractivity contribution < 1.29 is 4.74 Å². The van der Waals surface area contributed by atoms with E-state index in [9.17, 15) is 0 Å². The fourth-order valence-electron chi connectivity index (χ4n) is 1.98. The van der Waals surface area contributed by atoms with Crippen LogP contribution in [0.3, 0.4) is 0 Å². The van der Waals surface area contributed by atoms with Crippen LogP contribution in [0.5, 0.6) is 0 Å². The highest BCUT2D eigenvalue weighted by Crippen LogP contribution is 2.28. The van der Waals surface area contributed by atoms with E-state index in [2.05, 4.69) is 12.2 Å². The zero-order chi connectivity index (χ0) is 9.73. The predicted octanol–water partition coefficient (Wildman–Crippen LogP) is 0.882. The number of hydrogen-bond donors (Lipinski definition) is 2. The summed E-state index contributed by atoms with van der Waals surface area (Å²) < 4.78 is 4.99. The van der Waals surface area contributed by atoms with Crippen LogP contribution >= 0.6 is 0 Å². The van der Waals surface area contributed by atoms with Crippen LogP contribution in [0.15, 0.2) is 0 Å². The van der Waals surface area contributed by atoms with E-state index in [1.165, 1.54) is 25.7 Å². The van der Waals surface area contributed by atoms with Crippen LogP contribution in [0, 0.1) is 0 Å². The second-order valence-electron chi connectivity index (χ2n) is 4.36. The van der Waals surface area contributed by atoms with E-state index in [4.69, 9.17) is 10.5 Å². The summed E-state index contributed by atoms with van der Waals surface area (Å²) >= 11 is 0. The van der Waals surface area contributed by atoms with E-state index in [1.54, 1.807) is 7.11 Å². The summed E-state index contributed by atoms with van der Waals surface area (Å²) in [5.74, 6) is 0. The number of rotatable bonds is 5. The first kappa shape index (κ1) is 11.0. The smallest absolute Gasteiger partial charge is 0.0626 e. The van der Waals surface area contributed by atoms with E-state index < -0.39 is 0 Å². The minimum atomic E-state index is 0.127. The SMILES string of the molecule is COCC(N)CNC1(C)CCCC1. The monoisotopic (exact) mass is 186 g/mol. The van der Waals surface area contributed by atoms with Gasteiger partial charge in [-0.25, -0.2) is 0 Å². The summed E-state index contributed by atoms with van der Waals surface area (Å²) in [5, 5.41) is 3.54. The molecule has 1 fully saturated rings. The van der Waals surface area contributed by atoms with E-state index in [0.717, 1.165) is 6.54 Å². The van der Waals surface area contributed by atoms with Crippen molar-refractivity contribution in [2.45, 2.75) is 44.2 Å². The van der Waals surface area contributed by atoms with Gasteiger partial charge in [0.25, 0.3) is 0 Å². The van der Waals surface area contributed by atoms with E-state index in [1.807, 2.05) is 0 Å². The van der Waals surface area contributed by atoms with Crippen molar-refractivity contribution >= 4 is 0 Å². The minimum absolute atomic E-state index is 0.127. The first-order chi connectivity index (χ1) is 6.16. The van der Waals surface area contributed by atoms with Gasteiger partial charge in [0.1, 0.15) is 0 Å². The molecule has 1 unspecified atom stereocenters. The van der Waals surface area contributed by atoms with E-state index in [0.29, 0.717) is 12.1 Å². The quantitative estimate of drug-likeness (QED) is 0.670. The van der Waals surface area contributed by atoms with Crippen molar-refractivity contribution in [3.63, 3.8) is 0 Å². The Morgan fingerprint density at radius 3 is 2.62 bits per heavy atom. The second-order valence-corrected chi connectivity index (χ2v) is 4.36. The third-order valence-corrected chi connectivity index (χ3v) is 2.88. The van der Waals surface area contributed by atoms with Gasteiger partial charge in [-0.1, -0.05) is 12.8 Å². The lowest BCUT2D eigenvalue weighted by Gasteiger charge is -2.27. The molecule has 3 N–H and O–H groups in total. The molecule has 0 saturated heterocycles. The van der Waals surface area contributed by atoms with Crippen LogP contribution < -0.4 is 11.1 Å². The number of nitrogens with one attached hydrogen (secondary N) is 1. The average molecular weight is 186 g/mol. The Morgan fingerprint density at radius 2 is 2.08 bits per heavy atom. The predicted molar refractivity (Wildman–Crippen MR) is 54.7 cm³/mol. The van der Waals surface area contributed by atoms with E-state index >= 15 is 0 Å². The molecule has 0 heterocycles. The normalized spacial score (nSPS) is 23.3. The van der Waals surface area contributed by atoms with Gasteiger partial charge in [0.2, 0.25) is 0 Å². The van der Waals surface area contributed by atoms with Gasteiger partial charge in [-0.05, 0) is 19.8 Å². The Labute approximate surface area is 81.0 Å². The van der Waals surface area contributed by atoms with Crippen molar-refractivity contribution in [2.75, 3.05) is 20.3 Å². The molecule has 1 atom stereocenters. The van der Waals surface area contributed by atoms with Crippen LogP contribution in [0.2, 0.25) is 0 Å². The highest BCUT2D eigenvalue weighted by Gasteiger charge is 2.27. The molecule has 3 nitrogen and oxygen atoms in total. The maximum atomic E-state index is 5.83. The van der Waals surface area contributed by atoms with Crippen molar-refractivity contribution in [2.24, 2.45) is 5.73 Å². The largest absolute Gasteiger partial charge is 0.383 e. The topological polar surface area (TPSA) is 47.3 Å². The van der Waals surface area contributed by atoms with Crippen LogP contribution in [0.1, 0.15) is 32.6 Å². The van der Waals surface area contributed by atoms with Gasteiger partial charge < -0.3 is 15.8 Å². The fraction of sp³-hybridized carbons (Fsp3) is 1.00. The Balaban J connectivity index is 2.17. The van der Waals surface area contributed by atoms with Gasteiger partial charge in [0.05, 0.1) is 6.61 Å². The molecule has 0 radical (unpaired) electrons. The molecule has 13 heavy (non-hydrogen) atoms. The van der Waals surface area contributed by atoms with Crippen LogP contribution in [0.25, 0.3) is 0 Å². The fourth-order valence-corrected chi connectivity index (χ4v) is 1.98. The lowest BCUT2D eigenvalue weighted by molar-refractivity contribution is 0.174. The standard InChI is InChI=1S/C10H22N2O/c1-10(5-3-4-6-10)12-7-9(11)8-13-2/h9,12H,3-8,11H2,1-2H3. The van der Waals surface area contributed by atoms with Crippen molar-refractivity contribution in [1.82, 2.24) is 5.32 Å². The summed E-state index contributed by atoms with van der Waals surface area (Å²) in [6.07, 6.45) is 5.27. The van der Waals surface area contributed by atoms with Gasteiger partial charge in [-0.3, -0.25) is 0 Å². The zero-order valence-electron chi connectivity index (χ0n) is 8.81. The summed E-state index contributed by atoms with van der Waals surface area (Å²) in [6, 6.07) is 0.127. The zero-order valence-corrected chi connectivity index (χ0v) is 8.81. The van der Waals surface area contributed by atoms with Gasteiger partial charge in [0.15, 0.2) is 0 Å². The first-order valence-electron chi connectivity index (χ1n) is 5.16. The maximum absolute atomic E-state index is 5.83. The maximum Gasteiger partial charge on any atom is 0.0626 e. The highest BCUT2D eigenvalue weighted by molar-refractivity contribution is 4.89. The first-order valence-corrected chi connectivity index (χ1v) is 5.16. The van der Waals surface area contributed by atoms with E-state index in [-0.39, 0.29) is 6.04 Å². The third-order valence-electron chi connectivity index (χ3n) is 2.88. The molecule has 0 aliphatic heterocycles. The Hall–Kier alpha value is -0.120.